The van der Waals surface area contributed by atoms with E-state index in [0.717, 1.165) is 12.8 Å². The fraction of sp³-hybridized carbons (Fsp3) is 0.571. The Hall–Kier alpha value is -0.890. The smallest absolute Gasteiger partial charge is 0.161 e. The zero-order valence-electron chi connectivity index (χ0n) is 10.5. The molecule has 1 aliphatic rings. The van der Waals surface area contributed by atoms with Gasteiger partial charge in [-0.2, -0.15) is 0 Å². The van der Waals surface area contributed by atoms with Crippen LogP contribution in [0.25, 0.3) is 0 Å². The number of hydrogen-bond donors (Lipinski definition) is 1. The highest BCUT2D eigenvalue weighted by Crippen LogP contribution is 2.39. The summed E-state index contributed by atoms with van der Waals surface area (Å²) < 4.78 is 5.95. The number of anilines is 1. The summed E-state index contributed by atoms with van der Waals surface area (Å²) in [5.41, 5.74) is 6.96. The van der Waals surface area contributed by atoms with Crippen molar-refractivity contribution in [3.05, 3.63) is 23.2 Å². The minimum atomic E-state index is 0.255. The maximum Gasteiger partial charge on any atom is 0.161 e. The van der Waals surface area contributed by atoms with Crippen molar-refractivity contribution in [3.63, 3.8) is 0 Å². The maximum atomic E-state index is 6.10. The summed E-state index contributed by atoms with van der Waals surface area (Å²) in [6, 6.07) is 5.49. The van der Waals surface area contributed by atoms with Gasteiger partial charge in [0, 0.05) is 0 Å². The molecule has 0 radical (unpaired) electrons. The first-order chi connectivity index (χ1) is 7.98. The van der Waals surface area contributed by atoms with Crippen LogP contribution in [-0.4, -0.2) is 6.10 Å². The van der Waals surface area contributed by atoms with Gasteiger partial charge in [0.15, 0.2) is 5.75 Å². The van der Waals surface area contributed by atoms with Gasteiger partial charge in [-0.15, -0.1) is 0 Å². The molecule has 1 saturated carbocycles. The summed E-state index contributed by atoms with van der Waals surface area (Å²) in [6.45, 7) is 4.63. The number of rotatable bonds is 2. The molecule has 0 atom stereocenters. The highest BCUT2D eigenvalue weighted by atomic mass is 35.5. The van der Waals surface area contributed by atoms with Gasteiger partial charge in [-0.3, -0.25) is 0 Å². The van der Waals surface area contributed by atoms with Gasteiger partial charge in [0.2, 0.25) is 0 Å². The second-order valence-electron chi connectivity index (χ2n) is 5.64. The second kappa shape index (κ2) is 4.77. The van der Waals surface area contributed by atoms with Crippen LogP contribution in [-0.2, 0) is 0 Å². The van der Waals surface area contributed by atoms with Crippen molar-refractivity contribution < 1.29 is 4.74 Å². The molecule has 0 aromatic heterocycles. The van der Waals surface area contributed by atoms with Crippen molar-refractivity contribution >= 4 is 17.3 Å². The Morgan fingerprint density at radius 3 is 2.53 bits per heavy atom. The number of halogens is 1. The molecular formula is C14H20ClNO. The van der Waals surface area contributed by atoms with Crippen molar-refractivity contribution in [2.24, 2.45) is 5.41 Å². The Labute approximate surface area is 108 Å². The Kier molecular flexibility index (Phi) is 3.53. The van der Waals surface area contributed by atoms with Gasteiger partial charge in [-0.1, -0.05) is 31.5 Å². The highest BCUT2D eigenvalue weighted by Gasteiger charge is 2.28. The molecule has 0 heterocycles. The van der Waals surface area contributed by atoms with E-state index in [1.807, 2.05) is 18.2 Å². The SMILES string of the molecule is CC1(C)CCC(Oc2c(N)cccc2Cl)CC1. The van der Waals surface area contributed by atoms with Gasteiger partial charge in [0.25, 0.3) is 0 Å². The van der Waals surface area contributed by atoms with Gasteiger partial charge in [-0.05, 0) is 43.2 Å². The molecule has 0 spiro atoms. The molecule has 2 N–H and O–H groups in total. The van der Waals surface area contributed by atoms with Gasteiger partial charge in [-0.25, -0.2) is 0 Å². The quantitative estimate of drug-likeness (QED) is 0.799. The molecule has 0 aliphatic heterocycles. The minimum Gasteiger partial charge on any atom is -0.487 e. The average molecular weight is 254 g/mol. The topological polar surface area (TPSA) is 35.2 Å². The van der Waals surface area contributed by atoms with Gasteiger partial charge in [0.05, 0.1) is 16.8 Å². The van der Waals surface area contributed by atoms with Crippen LogP contribution in [0.3, 0.4) is 0 Å². The van der Waals surface area contributed by atoms with Crippen molar-refractivity contribution in [1.82, 2.24) is 0 Å². The Bertz CT molecular complexity index is 373. The molecule has 1 aromatic rings. The number of ether oxygens (including phenoxy) is 1. The monoisotopic (exact) mass is 253 g/mol. The van der Waals surface area contributed by atoms with Crippen LogP contribution >= 0.6 is 11.6 Å². The Morgan fingerprint density at radius 2 is 1.94 bits per heavy atom. The lowest BCUT2D eigenvalue weighted by Gasteiger charge is -2.34. The lowest BCUT2D eigenvalue weighted by atomic mass is 9.76. The van der Waals surface area contributed by atoms with E-state index in [9.17, 15) is 0 Å². The van der Waals surface area contributed by atoms with E-state index >= 15 is 0 Å². The van der Waals surface area contributed by atoms with Gasteiger partial charge < -0.3 is 10.5 Å². The summed E-state index contributed by atoms with van der Waals surface area (Å²) in [5, 5.41) is 0.606. The number of para-hydroxylation sites is 1. The summed E-state index contributed by atoms with van der Waals surface area (Å²) >= 11 is 6.10. The average Bonchev–Trinajstić information content (AvgIpc) is 2.26. The van der Waals surface area contributed by atoms with Crippen molar-refractivity contribution in [2.45, 2.75) is 45.6 Å². The number of nitrogen functional groups attached to an aromatic ring is 1. The predicted molar refractivity (Wildman–Crippen MR) is 72.5 cm³/mol. The molecule has 1 aliphatic carbocycles. The fourth-order valence-corrected chi connectivity index (χ4v) is 2.53. The standard InChI is InChI=1S/C14H20ClNO/c1-14(2)8-6-10(7-9-14)17-13-11(15)4-3-5-12(13)16/h3-5,10H,6-9,16H2,1-2H3. The zero-order valence-corrected chi connectivity index (χ0v) is 11.3. The molecule has 0 bridgehead atoms. The number of nitrogens with two attached hydrogens (primary N) is 1. The summed E-state index contributed by atoms with van der Waals surface area (Å²) in [4.78, 5) is 0. The maximum absolute atomic E-state index is 6.10. The van der Waals surface area contributed by atoms with Crippen molar-refractivity contribution in [2.75, 3.05) is 5.73 Å². The molecule has 2 rings (SSSR count). The molecule has 1 fully saturated rings. The molecule has 0 saturated heterocycles. The third-order valence-corrected chi connectivity index (χ3v) is 3.87. The third kappa shape index (κ3) is 3.06. The van der Waals surface area contributed by atoms with Crippen LogP contribution in [0.5, 0.6) is 5.75 Å². The molecule has 17 heavy (non-hydrogen) atoms. The van der Waals surface area contributed by atoms with E-state index in [-0.39, 0.29) is 6.10 Å². The van der Waals surface area contributed by atoms with Crippen LogP contribution in [0.4, 0.5) is 5.69 Å². The first-order valence-electron chi connectivity index (χ1n) is 6.19. The summed E-state index contributed by atoms with van der Waals surface area (Å²) in [5.74, 6) is 0.652. The third-order valence-electron chi connectivity index (χ3n) is 3.57. The molecule has 94 valence electrons. The second-order valence-corrected chi connectivity index (χ2v) is 6.05. The zero-order chi connectivity index (χ0) is 12.5. The van der Waals surface area contributed by atoms with E-state index in [4.69, 9.17) is 22.1 Å². The van der Waals surface area contributed by atoms with E-state index in [1.165, 1.54) is 12.8 Å². The number of hydrogen-bond acceptors (Lipinski definition) is 2. The van der Waals surface area contributed by atoms with Crippen LogP contribution in [0.15, 0.2) is 18.2 Å². The molecular weight excluding hydrogens is 234 g/mol. The van der Waals surface area contributed by atoms with E-state index < -0.39 is 0 Å². The van der Waals surface area contributed by atoms with E-state index in [0.29, 0.717) is 21.9 Å². The van der Waals surface area contributed by atoms with Crippen molar-refractivity contribution in [3.8, 4) is 5.75 Å². The van der Waals surface area contributed by atoms with E-state index in [2.05, 4.69) is 13.8 Å². The normalized spacial score (nSPS) is 20.2. The first-order valence-corrected chi connectivity index (χ1v) is 6.56. The Morgan fingerprint density at radius 1 is 1.29 bits per heavy atom. The molecule has 0 amide bonds. The van der Waals surface area contributed by atoms with Gasteiger partial charge in [0.1, 0.15) is 0 Å². The molecule has 2 nitrogen and oxygen atoms in total. The summed E-state index contributed by atoms with van der Waals surface area (Å²) in [6.07, 6.45) is 4.81. The van der Waals surface area contributed by atoms with Crippen LogP contribution in [0.2, 0.25) is 5.02 Å². The summed E-state index contributed by atoms with van der Waals surface area (Å²) in [7, 11) is 0. The molecule has 0 unspecified atom stereocenters. The van der Waals surface area contributed by atoms with Crippen LogP contribution < -0.4 is 10.5 Å². The van der Waals surface area contributed by atoms with Gasteiger partial charge >= 0.3 is 0 Å². The fourth-order valence-electron chi connectivity index (χ4n) is 2.31. The van der Waals surface area contributed by atoms with Crippen LogP contribution in [0, 0.1) is 5.41 Å². The van der Waals surface area contributed by atoms with Crippen molar-refractivity contribution in [1.29, 1.82) is 0 Å². The van der Waals surface area contributed by atoms with Crippen LogP contribution in [0.1, 0.15) is 39.5 Å². The Balaban J connectivity index is 2.03. The lowest BCUT2D eigenvalue weighted by molar-refractivity contribution is 0.0995. The minimum absolute atomic E-state index is 0.255. The molecule has 1 aromatic carbocycles. The molecule has 3 heteroatoms. The number of benzene rings is 1. The highest BCUT2D eigenvalue weighted by molar-refractivity contribution is 6.32. The largest absolute Gasteiger partial charge is 0.487 e. The first kappa shape index (κ1) is 12.6. The lowest BCUT2D eigenvalue weighted by Crippen LogP contribution is -2.28. The van der Waals surface area contributed by atoms with E-state index in [1.54, 1.807) is 0 Å². The predicted octanol–water partition coefficient (Wildman–Crippen LogP) is 4.27.